The molecule has 3 heteroatoms. The summed E-state index contributed by atoms with van der Waals surface area (Å²) in [5, 5.41) is 10.00. The Morgan fingerprint density at radius 2 is 1.83 bits per heavy atom. The quantitative estimate of drug-likeness (QED) is 0.806. The van der Waals surface area contributed by atoms with E-state index in [1.165, 1.54) is 0 Å². The molecule has 18 heavy (non-hydrogen) atoms. The molecule has 1 rings (SSSR count). The molecule has 0 bridgehead atoms. The lowest BCUT2D eigenvalue weighted by Crippen LogP contribution is -2.26. The molecule has 102 valence electrons. The zero-order valence-electron chi connectivity index (χ0n) is 11.9. The summed E-state index contributed by atoms with van der Waals surface area (Å²) in [5.41, 5.74) is 1.98. The van der Waals surface area contributed by atoms with Gasteiger partial charge in [0.15, 0.2) is 0 Å². The second-order valence-corrected chi connectivity index (χ2v) is 4.56. The summed E-state index contributed by atoms with van der Waals surface area (Å²) < 4.78 is 5.37. The van der Waals surface area contributed by atoms with E-state index in [0.717, 1.165) is 42.9 Å². The molecule has 0 spiro atoms. The van der Waals surface area contributed by atoms with Crippen LogP contribution in [0.3, 0.4) is 0 Å². The third-order valence-corrected chi connectivity index (χ3v) is 3.01. The van der Waals surface area contributed by atoms with Crippen LogP contribution in [0.2, 0.25) is 0 Å². The molecule has 1 aromatic carbocycles. The fourth-order valence-corrected chi connectivity index (χ4v) is 2.30. The Hall–Kier alpha value is -1.22. The van der Waals surface area contributed by atoms with Gasteiger partial charge in [0.05, 0.1) is 13.2 Å². The van der Waals surface area contributed by atoms with E-state index in [4.69, 9.17) is 4.74 Å². The number of hydrogen-bond donors (Lipinski definition) is 1. The van der Waals surface area contributed by atoms with Gasteiger partial charge < -0.3 is 14.7 Å². The SMILES string of the molecule is CCCN(CCC)c1cccc(OC)c1[C@H](C)O. The number of aliphatic hydroxyl groups excluding tert-OH is 1. The van der Waals surface area contributed by atoms with Crippen LogP contribution >= 0.6 is 0 Å². The van der Waals surface area contributed by atoms with Gasteiger partial charge in [-0.1, -0.05) is 19.9 Å². The molecule has 0 saturated heterocycles. The lowest BCUT2D eigenvalue weighted by atomic mass is 10.1. The van der Waals surface area contributed by atoms with Crippen LogP contribution in [0.15, 0.2) is 18.2 Å². The molecular weight excluding hydrogens is 226 g/mol. The van der Waals surface area contributed by atoms with Crippen LogP contribution in [0.4, 0.5) is 5.69 Å². The highest BCUT2D eigenvalue weighted by molar-refractivity contribution is 5.60. The summed E-state index contributed by atoms with van der Waals surface area (Å²) in [5.74, 6) is 0.764. The Kier molecular flexibility index (Phi) is 5.99. The topological polar surface area (TPSA) is 32.7 Å². The minimum absolute atomic E-state index is 0.521. The molecule has 0 fully saturated rings. The molecule has 0 aromatic heterocycles. The van der Waals surface area contributed by atoms with E-state index in [2.05, 4.69) is 24.8 Å². The van der Waals surface area contributed by atoms with Crippen molar-refractivity contribution < 1.29 is 9.84 Å². The van der Waals surface area contributed by atoms with Crippen LogP contribution in [-0.2, 0) is 0 Å². The number of methoxy groups -OCH3 is 1. The molecule has 0 radical (unpaired) electrons. The summed E-state index contributed by atoms with van der Waals surface area (Å²) in [6, 6.07) is 5.95. The summed E-state index contributed by atoms with van der Waals surface area (Å²) in [6.45, 7) is 8.13. The van der Waals surface area contributed by atoms with E-state index in [1.54, 1.807) is 14.0 Å². The molecule has 0 amide bonds. The molecule has 0 heterocycles. The van der Waals surface area contributed by atoms with Gasteiger partial charge in [-0.3, -0.25) is 0 Å². The first-order chi connectivity index (χ1) is 8.65. The highest BCUT2D eigenvalue weighted by atomic mass is 16.5. The first-order valence-electron chi connectivity index (χ1n) is 6.75. The lowest BCUT2D eigenvalue weighted by Gasteiger charge is -2.28. The number of benzene rings is 1. The summed E-state index contributed by atoms with van der Waals surface area (Å²) in [7, 11) is 1.65. The first kappa shape index (κ1) is 14.8. The predicted molar refractivity (Wildman–Crippen MR) is 76.4 cm³/mol. The molecular formula is C15H25NO2. The van der Waals surface area contributed by atoms with Crippen LogP contribution in [-0.4, -0.2) is 25.3 Å². The largest absolute Gasteiger partial charge is 0.496 e. The molecule has 3 nitrogen and oxygen atoms in total. The Labute approximate surface area is 110 Å². The maximum atomic E-state index is 10.00. The van der Waals surface area contributed by atoms with Crippen LogP contribution in [0.1, 0.15) is 45.3 Å². The number of hydrogen-bond acceptors (Lipinski definition) is 3. The Morgan fingerprint density at radius 3 is 2.28 bits per heavy atom. The van der Waals surface area contributed by atoms with Crippen LogP contribution in [0.5, 0.6) is 5.75 Å². The maximum absolute atomic E-state index is 10.00. The summed E-state index contributed by atoms with van der Waals surface area (Å²) in [4.78, 5) is 2.32. The van der Waals surface area contributed by atoms with Gasteiger partial charge in [0.1, 0.15) is 5.75 Å². The second-order valence-electron chi connectivity index (χ2n) is 4.56. The van der Waals surface area contributed by atoms with Gasteiger partial charge >= 0.3 is 0 Å². The first-order valence-corrected chi connectivity index (χ1v) is 6.75. The van der Waals surface area contributed by atoms with E-state index in [1.807, 2.05) is 12.1 Å². The Morgan fingerprint density at radius 1 is 1.22 bits per heavy atom. The van der Waals surface area contributed by atoms with Crippen molar-refractivity contribution in [1.82, 2.24) is 0 Å². The maximum Gasteiger partial charge on any atom is 0.126 e. The van der Waals surface area contributed by atoms with Crippen molar-refractivity contribution in [3.63, 3.8) is 0 Å². The second kappa shape index (κ2) is 7.27. The zero-order chi connectivity index (χ0) is 13.5. The van der Waals surface area contributed by atoms with Gasteiger partial charge in [-0.2, -0.15) is 0 Å². The van der Waals surface area contributed by atoms with Gasteiger partial charge in [-0.15, -0.1) is 0 Å². The van der Waals surface area contributed by atoms with Crippen molar-refractivity contribution in [3.8, 4) is 5.75 Å². The minimum atomic E-state index is -0.521. The highest BCUT2D eigenvalue weighted by Crippen LogP contribution is 2.34. The Bertz CT molecular complexity index is 358. The molecule has 0 unspecified atom stereocenters. The van der Waals surface area contributed by atoms with E-state index in [9.17, 15) is 5.11 Å². The lowest BCUT2D eigenvalue weighted by molar-refractivity contribution is 0.194. The molecule has 1 N–H and O–H groups in total. The normalized spacial score (nSPS) is 12.3. The van der Waals surface area contributed by atoms with Crippen molar-refractivity contribution in [1.29, 1.82) is 0 Å². The third kappa shape index (κ3) is 3.39. The van der Waals surface area contributed by atoms with E-state index >= 15 is 0 Å². The van der Waals surface area contributed by atoms with Gasteiger partial charge in [0.2, 0.25) is 0 Å². The fraction of sp³-hybridized carbons (Fsp3) is 0.600. The van der Waals surface area contributed by atoms with E-state index < -0.39 is 6.10 Å². The molecule has 0 aliphatic rings. The molecule has 1 aromatic rings. The smallest absolute Gasteiger partial charge is 0.126 e. The standard InChI is InChI=1S/C15H25NO2/c1-5-10-16(11-6-2)13-8-7-9-14(18-4)15(13)12(3)17/h7-9,12,17H,5-6,10-11H2,1-4H3/t12-/m0/s1. The van der Waals surface area contributed by atoms with Gasteiger partial charge in [-0.05, 0) is 31.9 Å². The van der Waals surface area contributed by atoms with Crippen LogP contribution < -0.4 is 9.64 Å². The molecule has 0 aliphatic carbocycles. The number of anilines is 1. The molecule has 1 atom stereocenters. The minimum Gasteiger partial charge on any atom is -0.496 e. The zero-order valence-corrected chi connectivity index (χ0v) is 11.9. The third-order valence-electron chi connectivity index (χ3n) is 3.01. The number of aliphatic hydroxyl groups is 1. The van der Waals surface area contributed by atoms with Crippen LogP contribution in [0.25, 0.3) is 0 Å². The number of nitrogens with zero attached hydrogens (tertiary/aromatic N) is 1. The van der Waals surface area contributed by atoms with Gasteiger partial charge in [0.25, 0.3) is 0 Å². The summed E-state index contributed by atoms with van der Waals surface area (Å²) >= 11 is 0. The van der Waals surface area contributed by atoms with Crippen molar-refractivity contribution in [2.75, 3.05) is 25.1 Å². The number of rotatable bonds is 7. The number of ether oxygens (including phenoxy) is 1. The summed E-state index contributed by atoms with van der Waals surface area (Å²) in [6.07, 6.45) is 1.67. The van der Waals surface area contributed by atoms with E-state index in [0.29, 0.717) is 0 Å². The fourth-order valence-electron chi connectivity index (χ4n) is 2.30. The van der Waals surface area contributed by atoms with Crippen LogP contribution in [0, 0.1) is 0 Å². The average molecular weight is 251 g/mol. The molecule has 0 aliphatic heterocycles. The van der Waals surface area contributed by atoms with E-state index in [-0.39, 0.29) is 0 Å². The van der Waals surface area contributed by atoms with Crippen molar-refractivity contribution in [2.24, 2.45) is 0 Å². The van der Waals surface area contributed by atoms with Gasteiger partial charge in [-0.25, -0.2) is 0 Å². The molecule has 0 saturated carbocycles. The Balaban J connectivity index is 3.18. The van der Waals surface area contributed by atoms with Crippen molar-refractivity contribution >= 4 is 5.69 Å². The predicted octanol–water partition coefficient (Wildman–Crippen LogP) is 3.37. The highest BCUT2D eigenvalue weighted by Gasteiger charge is 2.17. The van der Waals surface area contributed by atoms with Crippen molar-refractivity contribution in [3.05, 3.63) is 23.8 Å². The van der Waals surface area contributed by atoms with Crippen molar-refractivity contribution in [2.45, 2.75) is 39.7 Å². The van der Waals surface area contributed by atoms with Gasteiger partial charge in [0, 0.05) is 24.3 Å². The average Bonchev–Trinajstić information content (AvgIpc) is 2.37. The monoisotopic (exact) mass is 251 g/mol.